The van der Waals surface area contributed by atoms with Gasteiger partial charge in [-0.2, -0.15) is 20.2 Å². The molecule has 0 radical (unpaired) electrons. The molecule has 0 bridgehead atoms. The largest absolute Gasteiger partial charge is 0.491 e. The van der Waals surface area contributed by atoms with Gasteiger partial charge in [0.05, 0.1) is 4.90 Å². The first-order chi connectivity index (χ1) is 12.0. The highest BCUT2D eigenvalue weighted by Crippen LogP contribution is 2.19. The number of ether oxygens (including phenoxy) is 1. The van der Waals surface area contributed by atoms with Crippen LogP contribution in [-0.2, 0) is 14.3 Å². The van der Waals surface area contributed by atoms with Gasteiger partial charge in [0.15, 0.2) is 0 Å². The zero-order chi connectivity index (χ0) is 18.1. The SMILES string of the molecule is CSCCC[C@H](COc1ccc(F)cc1)OS(=O)(=O)c1ccccc1. The average Bonchev–Trinajstić information content (AvgIpc) is 2.61. The van der Waals surface area contributed by atoms with Crippen molar-refractivity contribution >= 4 is 21.9 Å². The standard InChI is InChI=1S/C18H21FO4S2/c1-24-13-5-6-17(14-22-16-11-9-15(19)10-12-16)23-25(20,21)18-7-3-2-4-8-18/h2-4,7-12,17H,5-6,13-14H2,1H3/t17-/m1/s1. The topological polar surface area (TPSA) is 52.6 Å². The summed E-state index contributed by atoms with van der Waals surface area (Å²) in [7, 11) is -3.85. The predicted molar refractivity (Wildman–Crippen MR) is 98.0 cm³/mol. The van der Waals surface area contributed by atoms with Crippen LogP contribution in [-0.4, -0.2) is 33.1 Å². The van der Waals surface area contributed by atoms with E-state index < -0.39 is 16.2 Å². The lowest BCUT2D eigenvalue weighted by Crippen LogP contribution is -2.25. The molecule has 0 fully saturated rings. The summed E-state index contributed by atoms with van der Waals surface area (Å²) in [6.07, 6.45) is 2.74. The molecule has 0 aliphatic heterocycles. The van der Waals surface area contributed by atoms with E-state index >= 15 is 0 Å². The second-order valence-electron chi connectivity index (χ2n) is 5.39. The van der Waals surface area contributed by atoms with Crippen molar-refractivity contribution in [2.75, 3.05) is 18.6 Å². The minimum absolute atomic E-state index is 0.0755. The van der Waals surface area contributed by atoms with E-state index in [2.05, 4.69) is 0 Å². The van der Waals surface area contributed by atoms with Crippen LogP contribution in [0.1, 0.15) is 12.8 Å². The van der Waals surface area contributed by atoms with Gasteiger partial charge in [-0.3, -0.25) is 4.18 Å². The summed E-state index contributed by atoms with van der Waals surface area (Å²) in [5.74, 6) is 1.02. The van der Waals surface area contributed by atoms with Crippen LogP contribution in [0.3, 0.4) is 0 Å². The molecule has 0 aliphatic rings. The Labute approximate surface area is 152 Å². The summed E-state index contributed by atoms with van der Waals surface area (Å²) in [6.45, 7) is 0.0755. The van der Waals surface area contributed by atoms with E-state index in [1.807, 2.05) is 6.26 Å². The molecule has 2 aromatic rings. The second-order valence-corrected chi connectivity index (χ2v) is 7.94. The molecule has 0 spiro atoms. The lowest BCUT2D eigenvalue weighted by Gasteiger charge is -2.18. The Morgan fingerprint density at radius 1 is 1.08 bits per heavy atom. The fourth-order valence-electron chi connectivity index (χ4n) is 2.16. The minimum atomic E-state index is -3.85. The average molecular weight is 384 g/mol. The maximum absolute atomic E-state index is 12.9. The molecule has 0 N–H and O–H groups in total. The number of halogens is 1. The molecule has 0 saturated heterocycles. The van der Waals surface area contributed by atoms with E-state index in [1.54, 1.807) is 30.0 Å². The highest BCUT2D eigenvalue weighted by atomic mass is 32.2. The molecule has 0 aromatic heterocycles. The zero-order valence-electron chi connectivity index (χ0n) is 13.9. The van der Waals surface area contributed by atoms with Crippen molar-refractivity contribution < 1.29 is 21.7 Å². The highest BCUT2D eigenvalue weighted by Gasteiger charge is 2.22. The van der Waals surface area contributed by atoms with E-state index in [1.165, 1.54) is 36.4 Å². The normalized spacial score (nSPS) is 12.7. The van der Waals surface area contributed by atoms with Gasteiger partial charge in [0, 0.05) is 0 Å². The Bertz CT molecular complexity index is 733. The van der Waals surface area contributed by atoms with Gasteiger partial charge >= 0.3 is 0 Å². The van der Waals surface area contributed by atoms with Crippen LogP contribution in [0, 0.1) is 5.82 Å². The third kappa shape index (κ3) is 6.68. The van der Waals surface area contributed by atoms with Crippen LogP contribution in [0.4, 0.5) is 4.39 Å². The fraction of sp³-hybridized carbons (Fsp3) is 0.333. The molecule has 2 aromatic carbocycles. The molecular weight excluding hydrogens is 363 g/mol. The maximum Gasteiger partial charge on any atom is 0.297 e. The van der Waals surface area contributed by atoms with Gasteiger partial charge < -0.3 is 4.74 Å². The van der Waals surface area contributed by atoms with Crippen LogP contribution in [0.25, 0.3) is 0 Å². The molecular formula is C18H21FO4S2. The first-order valence-electron chi connectivity index (χ1n) is 7.87. The lowest BCUT2D eigenvalue weighted by atomic mass is 10.2. The van der Waals surface area contributed by atoms with E-state index in [9.17, 15) is 12.8 Å². The van der Waals surface area contributed by atoms with E-state index in [-0.39, 0.29) is 17.3 Å². The smallest absolute Gasteiger partial charge is 0.297 e. The van der Waals surface area contributed by atoms with Crippen molar-refractivity contribution in [1.82, 2.24) is 0 Å². The Morgan fingerprint density at radius 3 is 2.40 bits per heavy atom. The summed E-state index contributed by atoms with van der Waals surface area (Å²) in [6, 6.07) is 13.6. The van der Waals surface area contributed by atoms with Gasteiger partial charge in [-0.15, -0.1) is 0 Å². The Hall–Kier alpha value is -1.57. The van der Waals surface area contributed by atoms with Crippen molar-refractivity contribution in [3.63, 3.8) is 0 Å². The first-order valence-corrected chi connectivity index (χ1v) is 10.7. The van der Waals surface area contributed by atoms with E-state index in [4.69, 9.17) is 8.92 Å². The Kier molecular flexibility index (Phi) is 7.74. The third-order valence-corrected chi connectivity index (χ3v) is 5.49. The van der Waals surface area contributed by atoms with E-state index in [0.29, 0.717) is 12.2 Å². The van der Waals surface area contributed by atoms with Crippen LogP contribution in [0.15, 0.2) is 59.5 Å². The molecule has 0 saturated carbocycles. The van der Waals surface area contributed by atoms with Crippen molar-refractivity contribution in [3.05, 3.63) is 60.4 Å². The number of rotatable bonds is 10. The Morgan fingerprint density at radius 2 is 1.76 bits per heavy atom. The number of hydrogen-bond donors (Lipinski definition) is 0. The van der Waals surface area contributed by atoms with Crippen molar-refractivity contribution in [2.45, 2.75) is 23.8 Å². The van der Waals surface area contributed by atoms with Crippen LogP contribution >= 0.6 is 11.8 Å². The molecule has 136 valence electrons. The van der Waals surface area contributed by atoms with Crippen LogP contribution in [0.2, 0.25) is 0 Å². The summed E-state index contributed by atoms with van der Waals surface area (Å²) >= 11 is 1.69. The quantitative estimate of drug-likeness (QED) is 0.456. The molecule has 25 heavy (non-hydrogen) atoms. The van der Waals surface area contributed by atoms with Gasteiger partial charge in [0.2, 0.25) is 0 Å². The second kappa shape index (κ2) is 9.79. The number of hydrogen-bond acceptors (Lipinski definition) is 5. The molecule has 0 amide bonds. The number of thioether (sulfide) groups is 1. The summed E-state index contributed by atoms with van der Waals surface area (Å²) < 4.78 is 48.7. The van der Waals surface area contributed by atoms with Crippen molar-refractivity contribution in [3.8, 4) is 5.75 Å². The summed E-state index contributed by atoms with van der Waals surface area (Å²) in [4.78, 5) is 0.117. The van der Waals surface area contributed by atoms with Crippen LogP contribution < -0.4 is 4.74 Å². The van der Waals surface area contributed by atoms with Gasteiger partial charge in [0.1, 0.15) is 24.3 Å². The number of benzene rings is 2. The molecule has 4 nitrogen and oxygen atoms in total. The molecule has 0 aliphatic carbocycles. The molecule has 1 atom stereocenters. The van der Waals surface area contributed by atoms with Crippen molar-refractivity contribution in [1.29, 1.82) is 0 Å². The fourth-order valence-corrected chi connectivity index (χ4v) is 3.72. The molecule has 0 heterocycles. The first kappa shape index (κ1) is 19.8. The molecule has 2 rings (SSSR count). The molecule has 7 heteroatoms. The third-order valence-electron chi connectivity index (χ3n) is 3.42. The summed E-state index contributed by atoms with van der Waals surface area (Å²) in [5.41, 5.74) is 0. The highest BCUT2D eigenvalue weighted by molar-refractivity contribution is 7.98. The lowest BCUT2D eigenvalue weighted by molar-refractivity contribution is 0.126. The van der Waals surface area contributed by atoms with Gasteiger partial charge in [-0.1, -0.05) is 18.2 Å². The van der Waals surface area contributed by atoms with Gasteiger partial charge in [0.25, 0.3) is 10.1 Å². The van der Waals surface area contributed by atoms with Crippen LogP contribution in [0.5, 0.6) is 5.75 Å². The van der Waals surface area contributed by atoms with Crippen molar-refractivity contribution in [2.24, 2.45) is 0 Å². The van der Waals surface area contributed by atoms with Gasteiger partial charge in [-0.25, -0.2) is 4.39 Å². The molecule has 0 unspecified atom stereocenters. The van der Waals surface area contributed by atoms with Gasteiger partial charge in [-0.05, 0) is 61.2 Å². The maximum atomic E-state index is 12.9. The summed E-state index contributed by atoms with van der Waals surface area (Å²) in [5, 5.41) is 0. The predicted octanol–water partition coefficient (Wildman–Crippen LogP) is 4.12. The zero-order valence-corrected chi connectivity index (χ0v) is 15.6. The Balaban J connectivity index is 2.02. The minimum Gasteiger partial charge on any atom is -0.491 e. The monoisotopic (exact) mass is 384 g/mol. The van der Waals surface area contributed by atoms with E-state index in [0.717, 1.165) is 12.2 Å².